The number of ether oxygens (including phenoxy) is 1. The summed E-state index contributed by atoms with van der Waals surface area (Å²) in [7, 11) is 0. The summed E-state index contributed by atoms with van der Waals surface area (Å²) in [6.07, 6.45) is 7.06. The molecule has 1 aromatic carbocycles. The predicted molar refractivity (Wildman–Crippen MR) is 112 cm³/mol. The zero-order valence-electron chi connectivity index (χ0n) is 17.7. The zero-order chi connectivity index (χ0) is 21.3. The van der Waals surface area contributed by atoms with Crippen molar-refractivity contribution in [3.05, 3.63) is 29.6 Å². The van der Waals surface area contributed by atoms with Crippen LogP contribution >= 0.6 is 0 Å². The van der Waals surface area contributed by atoms with Crippen molar-refractivity contribution >= 4 is 11.9 Å². The summed E-state index contributed by atoms with van der Waals surface area (Å²) in [5.74, 6) is 0.386. The lowest BCUT2D eigenvalue weighted by atomic mass is 10.0. The fourth-order valence-corrected chi connectivity index (χ4v) is 3.50. The molecule has 30 heavy (non-hydrogen) atoms. The molecule has 0 radical (unpaired) electrons. The summed E-state index contributed by atoms with van der Waals surface area (Å²) in [5.41, 5.74) is 7.65. The smallest absolute Gasteiger partial charge is 0.324 e. The molecule has 8 heteroatoms. The highest BCUT2D eigenvalue weighted by Gasteiger charge is 2.25. The van der Waals surface area contributed by atoms with E-state index in [-0.39, 0.29) is 30.3 Å². The van der Waals surface area contributed by atoms with Crippen molar-refractivity contribution in [1.29, 1.82) is 0 Å². The number of urea groups is 1. The maximum absolute atomic E-state index is 14.1. The summed E-state index contributed by atoms with van der Waals surface area (Å²) in [6.45, 7) is 4.28. The summed E-state index contributed by atoms with van der Waals surface area (Å²) < 4.78 is 19.7. The molecule has 2 aliphatic rings. The second kappa shape index (κ2) is 11.3. The van der Waals surface area contributed by atoms with Gasteiger partial charge in [-0.05, 0) is 55.7 Å². The molecule has 0 bridgehead atoms. The van der Waals surface area contributed by atoms with Crippen molar-refractivity contribution in [3.63, 3.8) is 0 Å². The molecule has 0 spiro atoms. The van der Waals surface area contributed by atoms with Gasteiger partial charge in [0.25, 0.3) is 0 Å². The molecule has 1 atom stereocenters. The third-order valence-corrected chi connectivity index (χ3v) is 5.48. The topological polar surface area (TPSA) is 82.7 Å². The maximum atomic E-state index is 14.1. The molecular formula is C22H33FN4O3. The molecular weight excluding hydrogens is 387 g/mol. The molecule has 1 saturated carbocycles. The van der Waals surface area contributed by atoms with E-state index in [4.69, 9.17) is 4.74 Å². The second-order valence-corrected chi connectivity index (χ2v) is 8.19. The van der Waals surface area contributed by atoms with E-state index in [1.165, 1.54) is 18.9 Å². The number of halogens is 1. The number of nitrogens with one attached hydrogen (secondary N) is 3. The molecule has 3 amide bonds. The number of hydrogen-bond donors (Lipinski definition) is 3. The highest BCUT2D eigenvalue weighted by atomic mass is 19.1. The summed E-state index contributed by atoms with van der Waals surface area (Å²) >= 11 is 0. The average molecular weight is 421 g/mol. The van der Waals surface area contributed by atoms with Crippen LogP contribution in [0.25, 0.3) is 0 Å². The molecule has 2 fully saturated rings. The van der Waals surface area contributed by atoms with E-state index in [0.717, 1.165) is 44.2 Å². The Hall–Kier alpha value is -2.19. The molecule has 1 aliphatic heterocycles. The van der Waals surface area contributed by atoms with Gasteiger partial charge in [0.1, 0.15) is 6.54 Å². The Balaban J connectivity index is 1.37. The van der Waals surface area contributed by atoms with Crippen LogP contribution in [0.4, 0.5) is 9.18 Å². The lowest BCUT2D eigenvalue weighted by molar-refractivity contribution is -0.118. The van der Waals surface area contributed by atoms with Crippen LogP contribution in [0.3, 0.4) is 0 Å². The van der Waals surface area contributed by atoms with E-state index in [1.54, 1.807) is 4.90 Å². The van der Waals surface area contributed by atoms with Gasteiger partial charge < -0.3 is 9.64 Å². The van der Waals surface area contributed by atoms with E-state index >= 15 is 0 Å². The molecule has 1 aromatic rings. The number of carbonyl (C=O) groups is 2. The number of amides is 3. The fraction of sp³-hybridized carbons (Fsp3) is 0.636. The number of benzene rings is 1. The van der Waals surface area contributed by atoms with Gasteiger partial charge in [-0.2, -0.15) is 0 Å². The van der Waals surface area contributed by atoms with Crippen LogP contribution in [-0.2, 0) is 4.79 Å². The van der Waals surface area contributed by atoms with Crippen molar-refractivity contribution < 1.29 is 18.7 Å². The van der Waals surface area contributed by atoms with Gasteiger partial charge in [0.05, 0.1) is 6.61 Å². The van der Waals surface area contributed by atoms with Gasteiger partial charge >= 0.3 is 6.03 Å². The summed E-state index contributed by atoms with van der Waals surface area (Å²) in [4.78, 5) is 24.2. The molecule has 166 valence electrons. The number of hydrazine groups is 1. The highest BCUT2D eigenvalue weighted by Crippen LogP contribution is 2.31. The Kier molecular flexibility index (Phi) is 8.45. The molecule has 1 heterocycles. The van der Waals surface area contributed by atoms with Gasteiger partial charge in [0.15, 0.2) is 11.6 Å². The molecule has 7 nitrogen and oxygen atoms in total. The lowest BCUT2D eigenvalue weighted by Crippen LogP contribution is -2.36. The predicted octanol–water partition coefficient (Wildman–Crippen LogP) is 3.27. The van der Waals surface area contributed by atoms with Gasteiger partial charge in [-0.25, -0.2) is 9.18 Å². The van der Waals surface area contributed by atoms with Crippen LogP contribution in [0.1, 0.15) is 63.5 Å². The van der Waals surface area contributed by atoms with E-state index in [9.17, 15) is 14.0 Å². The lowest BCUT2D eigenvalue weighted by Gasteiger charge is -2.20. The molecule has 1 unspecified atom stereocenters. The second-order valence-electron chi connectivity index (χ2n) is 8.19. The van der Waals surface area contributed by atoms with E-state index < -0.39 is 0 Å². The molecule has 3 N–H and O–H groups in total. The standard InChI is InChI=1S/C22H33FN4O3/c1-2-6-19(17-9-10-18(23)20(13-17)30-15-16-7-8-16)26-24-11-4-3-5-12-27-14-21(28)25-22(27)29/h9-10,13,16,19,24,26H,2-8,11-12,14-15H2,1H3,(H,25,28,29). The first-order valence-electron chi connectivity index (χ1n) is 11.1. The van der Waals surface area contributed by atoms with Crippen molar-refractivity contribution in [3.8, 4) is 5.75 Å². The SMILES string of the molecule is CCCC(NNCCCCCN1CC(=O)NC1=O)c1ccc(F)c(OCC2CC2)c1. The first-order chi connectivity index (χ1) is 14.6. The number of carbonyl (C=O) groups excluding carboxylic acids is 2. The number of imide groups is 1. The minimum atomic E-state index is -0.309. The molecule has 1 saturated heterocycles. The Labute approximate surface area is 177 Å². The Morgan fingerprint density at radius 3 is 2.80 bits per heavy atom. The van der Waals surface area contributed by atoms with E-state index in [2.05, 4.69) is 23.1 Å². The van der Waals surface area contributed by atoms with Gasteiger partial charge in [0.2, 0.25) is 5.91 Å². The largest absolute Gasteiger partial charge is 0.490 e. The van der Waals surface area contributed by atoms with Crippen LogP contribution in [-0.4, -0.2) is 43.1 Å². The number of hydrogen-bond acceptors (Lipinski definition) is 5. The monoisotopic (exact) mass is 420 g/mol. The quantitative estimate of drug-likeness (QED) is 0.244. The first-order valence-corrected chi connectivity index (χ1v) is 11.1. The highest BCUT2D eigenvalue weighted by molar-refractivity contribution is 6.01. The van der Waals surface area contributed by atoms with Crippen molar-refractivity contribution in [2.75, 3.05) is 26.2 Å². The average Bonchev–Trinajstić information content (AvgIpc) is 3.49. The zero-order valence-corrected chi connectivity index (χ0v) is 17.7. The summed E-state index contributed by atoms with van der Waals surface area (Å²) in [5, 5.41) is 2.29. The minimum absolute atomic E-state index is 0.0817. The van der Waals surface area contributed by atoms with Crippen molar-refractivity contribution in [2.24, 2.45) is 5.92 Å². The van der Waals surface area contributed by atoms with Gasteiger partial charge in [-0.15, -0.1) is 0 Å². The summed E-state index contributed by atoms with van der Waals surface area (Å²) in [6, 6.07) is 4.91. The van der Waals surface area contributed by atoms with Crippen LogP contribution < -0.4 is 20.9 Å². The normalized spacial score (nSPS) is 17.3. The molecule has 3 rings (SSSR count). The van der Waals surface area contributed by atoms with Crippen molar-refractivity contribution in [1.82, 2.24) is 21.1 Å². The molecule has 1 aliphatic carbocycles. The number of nitrogens with zero attached hydrogens (tertiary/aromatic N) is 1. The van der Waals surface area contributed by atoms with Crippen LogP contribution in [0, 0.1) is 11.7 Å². The van der Waals surface area contributed by atoms with E-state index in [1.807, 2.05) is 12.1 Å². The number of unbranched alkanes of at least 4 members (excludes halogenated alkanes) is 2. The molecule has 0 aromatic heterocycles. The van der Waals surface area contributed by atoms with Crippen LogP contribution in [0.5, 0.6) is 5.75 Å². The maximum Gasteiger partial charge on any atom is 0.324 e. The van der Waals surface area contributed by atoms with Gasteiger partial charge in [-0.1, -0.05) is 25.8 Å². The number of rotatable bonds is 14. The van der Waals surface area contributed by atoms with Gasteiger partial charge in [-0.3, -0.25) is 21.0 Å². The van der Waals surface area contributed by atoms with Gasteiger partial charge in [0, 0.05) is 19.1 Å². The van der Waals surface area contributed by atoms with E-state index in [0.29, 0.717) is 24.8 Å². The Morgan fingerprint density at radius 2 is 2.10 bits per heavy atom. The van der Waals surface area contributed by atoms with Crippen LogP contribution in [0.15, 0.2) is 18.2 Å². The Morgan fingerprint density at radius 1 is 1.27 bits per heavy atom. The Bertz CT molecular complexity index is 726. The minimum Gasteiger partial charge on any atom is -0.490 e. The van der Waals surface area contributed by atoms with Crippen molar-refractivity contribution in [2.45, 2.75) is 57.9 Å². The first kappa shape index (κ1) is 22.5. The third kappa shape index (κ3) is 6.95. The fourth-order valence-electron chi connectivity index (χ4n) is 3.50. The van der Waals surface area contributed by atoms with Crippen LogP contribution in [0.2, 0.25) is 0 Å². The third-order valence-electron chi connectivity index (χ3n) is 5.48.